The molecule has 0 heterocycles. The first-order chi connectivity index (χ1) is 6.70. The molecular weight excluding hydrogens is 184 g/mol. The molecule has 0 unspecified atom stereocenters. The fourth-order valence-electron chi connectivity index (χ4n) is 2.75. The fourth-order valence-corrected chi connectivity index (χ4v) is 2.75. The summed E-state index contributed by atoms with van der Waals surface area (Å²) in [5.74, 6) is -0.279. The molecule has 4 nitrogen and oxygen atoms in total. The molecule has 0 aliphatic heterocycles. The van der Waals surface area contributed by atoms with Gasteiger partial charge in [0.2, 0.25) is 0 Å². The van der Waals surface area contributed by atoms with Crippen molar-refractivity contribution in [1.82, 2.24) is 0 Å². The van der Waals surface area contributed by atoms with Crippen LogP contribution < -0.4 is 0 Å². The van der Waals surface area contributed by atoms with E-state index < -0.39 is 0 Å². The van der Waals surface area contributed by atoms with Crippen molar-refractivity contribution < 1.29 is 19.1 Å². The lowest BCUT2D eigenvalue weighted by molar-refractivity contribution is -0.191. The third-order valence-corrected chi connectivity index (χ3v) is 3.64. The Balaban J connectivity index is 2.08. The van der Waals surface area contributed by atoms with Gasteiger partial charge in [-0.2, -0.15) is 0 Å². The van der Waals surface area contributed by atoms with Crippen molar-refractivity contribution >= 4 is 11.9 Å². The van der Waals surface area contributed by atoms with Crippen LogP contribution in [0.15, 0.2) is 0 Å². The van der Waals surface area contributed by atoms with Crippen LogP contribution in [0.4, 0.5) is 0 Å². The summed E-state index contributed by atoms with van der Waals surface area (Å²) >= 11 is 0. The zero-order chi connectivity index (χ0) is 10.3. The molecule has 2 saturated carbocycles. The highest BCUT2D eigenvalue weighted by Gasteiger charge is 2.62. The maximum atomic E-state index is 11.4. The van der Waals surface area contributed by atoms with Crippen LogP contribution in [0, 0.1) is 23.7 Å². The highest BCUT2D eigenvalue weighted by molar-refractivity contribution is 5.85. The number of methoxy groups -OCH3 is 2. The van der Waals surface area contributed by atoms with E-state index in [1.54, 1.807) is 0 Å². The fraction of sp³-hybridized carbons (Fsp3) is 0.800. The summed E-state index contributed by atoms with van der Waals surface area (Å²) in [6, 6.07) is 0. The number of ether oxygens (including phenoxy) is 2. The second kappa shape index (κ2) is 3.26. The lowest BCUT2D eigenvalue weighted by Gasteiger charge is -2.56. The van der Waals surface area contributed by atoms with E-state index in [2.05, 4.69) is 9.47 Å². The van der Waals surface area contributed by atoms with Gasteiger partial charge in [0.05, 0.1) is 26.1 Å². The Labute approximate surface area is 82.6 Å². The van der Waals surface area contributed by atoms with Crippen LogP contribution in [0.1, 0.15) is 12.8 Å². The zero-order valence-electron chi connectivity index (χ0n) is 8.36. The van der Waals surface area contributed by atoms with Gasteiger partial charge in [0, 0.05) is 0 Å². The maximum absolute atomic E-state index is 11.4. The number of hydrogen-bond acceptors (Lipinski definition) is 4. The first-order valence-corrected chi connectivity index (χ1v) is 4.86. The first kappa shape index (κ1) is 9.49. The van der Waals surface area contributed by atoms with Gasteiger partial charge in [0.25, 0.3) is 0 Å². The lowest BCUT2D eigenvalue weighted by atomic mass is 9.47. The van der Waals surface area contributed by atoms with Crippen molar-refractivity contribution in [2.45, 2.75) is 12.8 Å². The number of carbonyl (C=O) groups excluding carboxylic acids is 2. The molecule has 4 heteroatoms. The SMILES string of the molecule is COC(=O)[C@H]1[C@H]2CC[C@@H]2[C@@H]1C(=O)OC. The maximum Gasteiger partial charge on any atom is 0.309 e. The van der Waals surface area contributed by atoms with Crippen LogP contribution in [0.2, 0.25) is 0 Å². The molecule has 2 aliphatic rings. The Morgan fingerprint density at radius 2 is 1.29 bits per heavy atom. The average Bonchev–Trinajstić information content (AvgIpc) is 2.18. The van der Waals surface area contributed by atoms with Gasteiger partial charge in [-0.05, 0) is 24.7 Å². The van der Waals surface area contributed by atoms with Crippen LogP contribution in [-0.2, 0) is 19.1 Å². The lowest BCUT2D eigenvalue weighted by Crippen LogP contribution is -2.59. The number of rotatable bonds is 2. The average molecular weight is 198 g/mol. The van der Waals surface area contributed by atoms with Crippen LogP contribution in [0.5, 0.6) is 0 Å². The Morgan fingerprint density at radius 3 is 1.50 bits per heavy atom. The summed E-state index contributed by atoms with van der Waals surface area (Å²) in [6.07, 6.45) is 2.08. The van der Waals surface area contributed by atoms with Crippen molar-refractivity contribution in [1.29, 1.82) is 0 Å². The summed E-state index contributed by atoms with van der Waals surface area (Å²) in [5.41, 5.74) is 0. The summed E-state index contributed by atoms with van der Waals surface area (Å²) in [5, 5.41) is 0. The third-order valence-electron chi connectivity index (χ3n) is 3.64. The van der Waals surface area contributed by atoms with Crippen LogP contribution in [-0.4, -0.2) is 26.2 Å². The second-order valence-electron chi connectivity index (χ2n) is 4.00. The minimum atomic E-state index is -0.263. The summed E-state index contributed by atoms with van der Waals surface area (Å²) in [7, 11) is 2.73. The van der Waals surface area contributed by atoms with Crippen LogP contribution >= 0.6 is 0 Å². The monoisotopic (exact) mass is 198 g/mol. The Morgan fingerprint density at radius 1 is 0.929 bits per heavy atom. The van der Waals surface area contributed by atoms with Gasteiger partial charge in [-0.15, -0.1) is 0 Å². The van der Waals surface area contributed by atoms with E-state index >= 15 is 0 Å². The van der Waals surface area contributed by atoms with E-state index in [4.69, 9.17) is 0 Å². The van der Waals surface area contributed by atoms with Gasteiger partial charge in [-0.1, -0.05) is 0 Å². The predicted molar refractivity (Wildman–Crippen MR) is 47.2 cm³/mol. The van der Waals surface area contributed by atoms with Gasteiger partial charge in [0.1, 0.15) is 0 Å². The molecule has 78 valence electrons. The number of esters is 2. The van der Waals surface area contributed by atoms with E-state index in [9.17, 15) is 9.59 Å². The highest BCUT2D eigenvalue weighted by atomic mass is 16.5. The third kappa shape index (κ3) is 1.06. The van der Waals surface area contributed by atoms with Crippen molar-refractivity contribution in [3.05, 3.63) is 0 Å². The first-order valence-electron chi connectivity index (χ1n) is 4.86. The predicted octanol–water partition coefficient (Wildman–Crippen LogP) is 0.605. The summed E-state index contributed by atoms with van der Waals surface area (Å²) in [6.45, 7) is 0. The smallest absolute Gasteiger partial charge is 0.309 e. The molecule has 0 amide bonds. The molecule has 0 bridgehead atoms. The van der Waals surface area contributed by atoms with Crippen molar-refractivity contribution in [2.75, 3.05) is 14.2 Å². The van der Waals surface area contributed by atoms with Crippen LogP contribution in [0.3, 0.4) is 0 Å². The normalized spacial score (nSPS) is 38.7. The van der Waals surface area contributed by atoms with E-state index in [0.717, 1.165) is 12.8 Å². The van der Waals surface area contributed by atoms with Gasteiger partial charge in [-0.25, -0.2) is 0 Å². The van der Waals surface area contributed by atoms with Gasteiger partial charge >= 0.3 is 11.9 Å². The Hall–Kier alpha value is -1.06. The molecule has 0 saturated heterocycles. The summed E-state index contributed by atoms with van der Waals surface area (Å²) < 4.78 is 9.37. The van der Waals surface area contributed by atoms with Gasteiger partial charge < -0.3 is 9.47 Å². The van der Waals surface area contributed by atoms with E-state index in [0.29, 0.717) is 11.8 Å². The van der Waals surface area contributed by atoms with Crippen molar-refractivity contribution in [3.63, 3.8) is 0 Å². The van der Waals surface area contributed by atoms with Crippen molar-refractivity contribution in [3.8, 4) is 0 Å². The van der Waals surface area contributed by atoms with Crippen LogP contribution in [0.25, 0.3) is 0 Å². The molecule has 0 spiro atoms. The van der Waals surface area contributed by atoms with E-state index in [-0.39, 0.29) is 23.8 Å². The number of fused-ring (bicyclic) bond motifs is 1. The standard InChI is InChI=1S/C10H14O4/c1-13-9(11)7-5-3-4-6(5)8(7)10(12)14-2/h5-8H,3-4H2,1-2H3/t5-,6-,7-,8-/m0/s1. The zero-order valence-corrected chi connectivity index (χ0v) is 8.36. The van der Waals surface area contributed by atoms with Gasteiger partial charge in [-0.3, -0.25) is 9.59 Å². The number of hydrogen-bond donors (Lipinski definition) is 0. The molecule has 2 rings (SSSR count). The second-order valence-corrected chi connectivity index (χ2v) is 4.00. The molecule has 0 N–H and O–H groups in total. The minimum absolute atomic E-state index is 0.244. The molecule has 0 radical (unpaired) electrons. The quantitative estimate of drug-likeness (QED) is 0.610. The molecule has 0 aromatic rings. The van der Waals surface area contributed by atoms with Crippen molar-refractivity contribution in [2.24, 2.45) is 23.7 Å². The molecule has 2 aliphatic carbocycles. The Bertz CT molecular complexity index is 245. The molecule has 2 fully saturated rings. The number of carbonyl (C=O) groups is 2. The molecular formula is C10H14O4. The highest BCUT2D eigenvalue weighted by Crippen LogP contribution is 2.58. The Kier molecular flexibility index (Phi) is 2.21. The molecule has 4 atom stereocenters. The minimum Gasteiger partial charge on any atom is -0.469 e. The molecule has 0 aromatic heterocycles. The van der Waals surface area contributed by atoms with E-state index in [1.807, 2.05) is 0 Å². The molecule has 0 aromatic carbocycles. The van der Waals surface area contributed by atoms with E-state index in [1.165, 1.54) is 14.2 Å². The molecule has 14 heavy (non-hydrogen) atoms. The van der Waals surface area contributed by atoms with Gasteiger partial charge in [0.15, 0.2) is 0 Å². The summed E-state index contributed by atoms with van der Waals surface area (Å²) in [4.78, 5) is 22.8. The largest absolute Gasteiger partial charge is 0.469 e. The topological polar surface area (TPSA) is 52.6 Å².